The first kappa shape index (κ1) is 20.5. The molecule has 1 fully saturated rings. The summed E-state index contributed by atoms with van der Waals surface area (Å²) in [7, 11) is 0. The minimum atomic E-state index is -2.87. The fourth-order valence-corrected chi connectivity index (χ4v) is 4.01. The third kappa shape index (κ3) is 3.60. The third-order valence-electron chi connectivity index (χ3n) is 5.66. The molecule has 0 aliphatic carbocycles. The molecular weight excluding hydrogens is 421 g/mol. The van der Waals surface area contributed by atoms with Gasteiger partial charge in [0.2, 0.25) is 0 Å². The van der Waals surface area contributed by atoms with Gasteiger partial charge in [-0.25, -0.2) is 13.2 Å². The van der Waals surface area contributed by atoms with Crippen LogP contribution in [0.4, 0.5) is 24.7 Å². The van der Waals surface area contributed by atoms with Crippen LogP contribution in [0.1, 0.15) is 23.4 Å². The predicted octanol–water partition coefficient (Wildman–Crippen LogP) is 4.11. The number of fused-ring (bicyclic) bond motifs is 3. The Morgan fingerprint density at radius 3 is 2.72 bits per heavy atom. The highest BCUT2D eigenvalue weighted by atomic mass is 19.3. The van der Waals surface area contributed by atoms with E-state index in [1.54, 1.807) is 0 Å². The van der Waals surface area contributed by atoms with E-state index in [0.29, 0.717) is 30.6 Å². The van der Waals surface area contributed by atoms with Crippen LogP contribution in [0, 0.1) is 12.7 Å². The zero-order valence-corrected chi connectivity index (χ0v) is 17.4. The Labute approximate surface area is 181 Å². The molecule has 5 rings (SSSR count). The summed E-state index contributed by atoms with van der Waals surface area (Å²) < 4.78 is 48.0. The van der Waals surface area contributed by atoms with E-state index in [9.17, 15) is 13.2 Å². The molecule has 1 aliphatic heterocycles. The van der Waals surface area contributed by atoms with E-state index in [1.807, 2.05) is 29.5 Å². The number of hydrogen-bond acceptors (Lipinski definition) is 6. The highest BCUT2D eigenvalue weighted by Gasteiger charge is 2.18. The van der Waals surface area contributed by atoms with Crippen molar-refractivity contribution in [2.45, 2.75) is 19.9 Å². The van der Waals surface area contributed by atoms with E-state index < -0.39 is 17.8 Å². The summed E-state index contributed by atoms with van der Waals surface area (Å²) in [6.07, 6.45) is -2.87. The summed E-state index contributed by atoms with van der Waals surface area (Å²) in [5.41, 5.74) is 1.39. The number of halogens is 3. The van der Waals surface area contributed by atoms with Gasteiger partial charge in [-0.1, -0.05) is 18.2 Å². The standard InChI is InChI=1S/C22H21F3N6O/c1-13-28-29-22-27-21(26-12-14-3-2-4-16(19(14)23)20(24)25)17-11-15(5-6-18(17)31(13)22)30-7-9-32-10-8-30/h2-6,11,20H,7-10,12H2,1H3,(H,26,27,29). The number of rotatable bonds is 5. The minimum Gasteiger partial charge on any atom is -0.378 e. The Balaban J connectivity index is 1.57. The minimum absolute atomic E-state index is 0.000429. The van der Waals surface area contributed by atoms with Crippen molar-refractivity contribution < 1.29 is 17.9 Å². The van der Waals surface area contributed by atoms with E-state index in [-0.39, 0.29) is 12.1 Å². The molecule has 32 heavy (non-hydrogen) atoms. The Bertz CT molecular complexity index is 1290. The third-order valence-corrected chi connectivity index (χ3v) is 5.66. The van der Waals surface area contributed by atoms with E-state index in [4.69, 9.17) is 4.74 Å². The van der Waals surface area contributed by atoms with Crippen LogP contribution in [0.25, 0.3) is 16.7 Å². The quantitative estimate of drug-likeness (QED) is 0.502. The zero-order chi connectivity index (χ0) is 22.2. The van der Waals surface area contributed by atoms with Crippen molar-refractivity contribution >= 4 is 28.2 Å². The van der Waals surface area contributed by atoms with Gasteiger partial charge >= 0.3 is 0 Å². The molecular formula is C22H21F3N6O. The number of ether oxygens (including phenoxy) is 1. The molecule has 1 aliphatic rings. The van der Waals surface area contributed by atoms with Crippen LogP contribution < -0.4 is 10.2 Å². The lowest BCUT2D eigenvalue weighted by Gasteiger charge is -2.29. The zero-order valence-electron chi connectivity index (χ0n) is 17.4. The van der Waals surface area contributed by atoms with Gasteiger partial charge in [0, 0.05) is 36.3 Å². The Hall–Kier alpha value is -3.40. The van der Waals surface area contributed by atoms with Crippen molar-refractivity contribution in [3.63, 3.8) is 0 Å². The van der Waals surface area contributed by atoms with Gasteiger partial charge in [-0.05, 0) is 25.1 Å². The summed E-state index contributed by atoms with van der Waals surface area (Å²) in [5, 5.41) is 12.2. The van der Waals surface area contributed by atoms with Crippen molar-refractivity contribution in [2.75, 3.05) is 36.5 Å². The fraction of sp³-hybridized carbons (Fsp3) is 0.318. The largest absolute Gasteiger partial charge is 0.378 e. The van der Waals surface area contributed by atoms with Gasteiger partial charge in [-0.2, -0.15) is 4.98 Å². The van der Waals surface area contributed by atoms with Crippen LogP contribution >= 0.6 is 0 Å². The lowest BCUT2D eigenvalue weighted by molar-refractivity contribution is 0.122. The van der Waals surface area contributed by atoms with E-state index >= 15 is 0 Å². The van der Waals surface area contributed by atoms with Crippen LogP contribution in [-0.2, 0) is 11.3 Å². The lowest BCUT2D eigenvalue weighted by atomic mass is 10.1. The lowest BCUT2D eigenvalue weighted by Crippen LogP contribution is -2.36. The molecule has 4 aromatic rings. The second kappa shape index (κ2) is 8.27. The predicted molar refractivity (Wildman–Crippen MR) is 115 cm³/mol. The Kier molecular flexibility index (Phi) is 5.30. The monoisotopic (exact) mass is 442 g/mol. The molecule has 0 saturated carbocycles. The number of benzene rings is 2. The van der Waals surface area contributed by atoms with Gasteiger partial charge in [0.15, 0.2) is 0 Å². The highest BCUT2D eigenvalue weighted by Crippen LogP contribution is 2.30. The average Bonchev–Trinajstić information content (AvgIpc) is 3.18. The van der Waals surface area contributed by atoms with Crippen LogP contribution in [0.2, 0.25) is 0 Å². The number of morpholine rings is 1. The summed E-state index contributed by atoms with van der Waals surface area (Å²) >= 11 is 0. The summed E-state index contributed by atoms with van der Waals surface area (Å²) in [6, 6.07) is 10.0. The highest BCUT2D eigenvalue weighted by molar-refractivity contribution is 5.93. The molecule has 7 nitrogen and oxygen atoms in total. The average molecular weight is 442 g/mol. The molecule has 0 atom stereocenters. The topological polar surface area (TPSA) is 67.6 Å². The maximum atomic E-state index is 14.5. The Morgan fingerprint density at radius 2 is 1.94 bits per heavy atom. The normalized spacial score (nSPS) is 14.6. The molecule has 2 aromatic heterocycles. The van der Waals surface area contributed by atoms with Crippen molar-refractivity contribution in [1.82, 2.24) is 19.6 Å². The van der Waals surface area contributed by atoms with Crippen molar-refractivity contribution in [2.24, 2.45) is 0 Å². The second-order valence-electron chi connectivity index (χ2n) is 7.62. The number of nitrogens with one attached hydrogen (secondary N) is 1. The number of aromatic nitrogens is 4. The second-order valence-corrected chi connectivity index (χ2v) is 7.62. The summed E-state index contributed by atoms with van der Waals surface area (Å²) in [6.45, 7) is 4.72. The van der Waals surface area contributed by atoms with Gasteiger partial charge < -0.3 is 15.0 Å². The first-order valence-electron chi connectivity index (χ1n) is 10.3. The van der Waals surface area contributed by atoms with Gasteiger partial charge in [0.1, 0.15) is 17.5 Å². The van der Waals surface area contributed by atoms with E-state index in [2.05, 4.69) is 25.4 Å². The maximum Gasteiger partial charge on any atom is 0.266 e. The van der Waals surface area contributed by atoms with Crippen LogP contribution in [-0.4, -0.2) is 45.9 Å². The van der Waals surface area contributed by atoms with Gasteiger partial charge in [-0.15, -0.1) is 10.2 Å². The first-order chi connectivity index (χ1) is 15.5. The Morgan fingerprint density at radius 1 is 1.12 bits per heavy atom. The number of nitrogens with zero attached hydrogens (tertiary/aromatic N) is 5. The molecule has 1 N–H and O–H groups in total. The maximum absolute atomic E-state index is 14.5. The summed E-state index contributed by atoms with van der Waals surface area (Å²) in [5.74, 6) is 0.668. The van der Waals surface area contributed by atoms with Crippen molar-refractivity contribution in [1.29, 1.82) is 0 Å². The number of aryl methyl sites for hydroxylation is 1. The van der Waals surface area contributed by atoms with Gasteiger partial charge in [0.25, 0.3) is 12.2 Å². The molecule has 0 spiro atoms. The van der Waals surface area contributed by atoms with Crippen LogP contribution in [0.5, 0.6) is 0 Å². The molecule has 3 heterocycles. The van der Waals surface area contributed by atoms with Gasteiger partial charge in [-0.3, -0.25) is 4.40 Å². The van der Waals surface area contributed by atoms with Crippen LogP contribution in [0.3, 0.4) is 0 Å². The van der Waals surface area contributed by atoms with Gasteiger partial charge in [0.05, 0.1) is 24.3 Å². The SMILES string of the molecule is Cc1nnc2nc(NCc3cccc(C(F)F)c3F)c3cc(N4CCOCC4)ccc3n12. The number of hydrogen-bond donors (Lipinski definition) is 1. The molecule has 10 heteroatoms. The molecule has 0 bridgehead atoms. The van der Waals surface area contributed by atoms with Crippen molar-refractivity contribution in [3.8, 4) is 0 Å². The smallest absolute Gasteiger partial charge is 0.266 e. The van der Waals surface area contributed by atoms with Crippen molar-refractivity contribution in [3.05, 3.63) is 59.2 Å². The molecule has 0 radical (unpaired) electrons. The summed E-state index contributed by atoms with van der Waals surface area (Å²) in [4.78, 5) is 6.80. The first-order valence-corrected chi connectivity index (χ1v) is 10.3. The van der Waals surface area contributed by atoms with Crippen LogP contribution in [0.15, 0.2) is 36.4 Å². The molecule has 1 saturated heterocycles. The van der Waals surface area contributed by atoms with E-state index in [1.165, 1.54) is 12.1 Å². The number of alkyl halides is 2. The molecule has 0 amide bonds. The fourth-order valence-electron chi connectivity index (χ4n) is 4.01. The molecule has 2 aromatic carbocycles. The van der Waals surface area contributed by atoms with E-state index in [0.717, 1.165) is 35.7 Å². The number of anilines is 2. The molecule has 0 unspecified atom stereocenters. The molecule has 166 valence electrons.